The number of carbonyl (C=O) groups is 3. The highest BCUT2D eigenvalue weighted by atomic mass is 79.9. The molecule has 6 nitrogen and oxygen atoms in total. The molecule has 3 aromatic rings. The fraction of sp³-hybridized carbons (Fsp3) is 0.160. The molecule has 1 aromatic heterocycles. The molecular formula is C25H19BrF3N3O3S. The molecule has 3 amide bonds. The van der Waals surface area contributed by atoms with Crippen LogP contribution in [0.5, 0.6) is 0 Å². The Labute approximate surface area is 217 Å². The van der Waals surface area contributed by atoms with E-state index in [1.807, 2.05) is 48.7 Å². The summed E-state index contributed by atoms with van der Waals surface area (Å²) in [6.07, 6.45) is -2.96. The number of aryl methyl sites for hydroxylation is 1. The zero-order valence-electron chi connectivity index (χ0n) is 19.0. The van der Waals surface area contributed by atoms with Gasteiger partial charge in [0.1, 0.15) is 6.54 Å². The van der Waals surface area contributed by atoms with Gasteiger partial charge in [-0.15, -0.1) is 0 Å². The molecule has 1 fully saturated rings. The first kappa shape index (κ1) is 25.8. The van der Waals surface area contributed by atoms with Crippen molar-refractivity contribution in [1.29, 1.82) is 0 Å². The maximum atomic E-state index is 12.9. The number of hydrogen-bond acceptors (Lipinski definition) is 4. The first-order valence-electron chi connectivity index (χ1n) is 10.6. The molecule has 1 N–H and O–H groups in total. The van der Waals surface area contributed by atoms with Gasteiger partial charge in [-0.1, -0.05) is 22.0 Å². The second-order valence-corrected chi connectivity index (χ2v) is 9.94. The summed E-state index contributed by atoms with van der Waals surface area (Å²) in [5.41, 5.74) is 2.47. The van der Waals surface area contributed by atoms with Gasteiger partial charge in [0.05, 0.1) is 10.5 Å². The molecule has 0 bridgehead atoms. The first-order valence-corrected chi connectivity index (χ1v) is 12.2. The van der Waals surface area contributed by atoms with E-state index in [9.17, 15) is 27.6 Å². The lowest BCUT2D eigenvalue weighted by Gasteiger charge is -2.13. The van der Waals surface area contributed by atoms with Crippen molar-refractivity contribution in [2.24, 2.45) is 0 Å². The standard InChI is InChI=1S/C25H19BrF3N3O3S/c1-14-10-16(15(2)32(14)20-8-6-18(26)7-9-20)11-21-23(34)31(24(35)36-21)13-22(33)30-19-5-3-4-17(12-19)25(27,28)29/h3-12H,13H2,1-2H3,(H,30,33)/b21-11-. The number of thioether (sulfide) groups is 1. The van der Waals surface area contributed by atoms with Crippen molar-refractivity contribution < 1.29 is 27.6 Å². The van der Waals surface area contributed by atoms with Crippen molar-refractivity contribution in [2.75, 3.05) is 11.9 Å². The smallest absolute Gasteiger partial charge is 0.325 e. The van der Waals surface area contributed by atoms with Crippen molar-refractivity contribution in [2.45, 2.75) is 20.0 Å². The number of anilines is 1. The number of carbonyl (C=O) groups excluding carboxylic acids is 3. The van der Waals surface area contributed by atoms with Gasteiger partial charge >= 0.3 is 6.18 Å². The van der Waals surface area contributed by atoms with Crippen molar-refractivity contribution >= 4 is 56.5 Å². The molecule has 4 rings (SSSR count). The SMILES string of the molecule is Cc1cc(/C=C2\SC(=O)N(CC(=O)Nc3cccc(C(F)(F)F)c3)C2=O)c(C)n1-c1ccc(Br)cc1. The summed E-state index contributed by atoms with van der Waals surface area (Å²) < 4.78 is 41.7. The number of rotatable bonds is 5. The number of alkyl halides is 3. The van der Waals surface area contributed by atoms with Crippen LogP contribution < -0.4 is 5.32 Å². The number of amides is 3. The van der Waals surface area contributed by atoms with E-state index in [-0.39, 0.29) is 10.6 Å². The van der Waals surface area contributed by atoms with Crippen molar-refractivity contribution in [1.82, 2.24) is 9.47 Å². The summed E-state index contributed by atoms with van der Waals surface area (Å²) in [4.78, 5) is 38.7. The second-order valence-electron chi connectivity index (χ2n) is 8.03. The lowest BCUT2D eigenvalue weighted by Crippen LogP contribution is -2.36. The van der Waals surface area contributed by atoms with Gasteiger partial charge in [-0.3, -0.25) is 19.3 Å². The predicted molar refractivity (Wildman–Crippen MR) is 136 cm³/mol. The Morgan fingerprint density at radius 1 is 1.08 bits per heavy atom. The van der Waals surface area contributed by atoms with Gasteiger partial charge < -0.3 is 9.88 Å². The summed E-state index contributed by atoms with van der Waals surface area (Å²) in [5.74, 6) is -1.43. The average molecular weight is 578 g/mol. The molecule has 36 heavy (non-hydrogen) atoms. The third-order valence-corrected chi connectivity index (χ3v) is 6.93. The van der Waals surface area contributed by atoms with Crippen LogP contribution in [0.1, 0.15) is 22.5 Å². The van der Waals surface area contributed by atoms with Crippen LogP contribution in [0.2, 0.25) is 0 Å². The molecule has 0 unspecified atom stereocenters. The fourth-order valence-electron chi connectivity index (χ4n) is 3.82. The summed E-state index contributed by atoms with van der Waals surface area (Å²) in [5, 5.41) is 1.68. The summed E-state index contributed by atoms with van der Waals surface area (Å²) >= 11 is 4.12. The van der Waals surface area contributed by atoms with Crippen LogP contribution in [0, 0.1) is 13.8 Å². The van der Waals surface area contributed by atoms with Crippen LogP contribution in [0.15, 0.2) is 64.0 Å². The van der Waals surface area contributed by atoms with Crippen molar-refractivity contribution in [3.05, 3.63) is 86.5 Å². The van der Waals surface area contributed by atoms with Crippen LogP contribution in [-0.4, -0.2) is 33.1 Å². The predicted octanol–water partition coefficient (Wildman–Crippen LogP) is 6.55. The minimum atomic E-state index is -4.56. The van der Waals surface area contributed by atoms with Gasteiger partial charge in [0, 0.05) is 27.2 Å². The van der Waals surface area contributed by atoms with Crippen LogP contribution in [0.25, 0.3) is 11.8 Å². The molecule has 186 valence electrons. The number of aromatic nitrogens is 1. The molecule has 0 saturated carbocycles. The van der Waals surface area contributed by atoms with Crippen LogP contribution in [-0.2, 0) is 15.8 Å². The highest BCUT2D eigenvalue weighted by Gasteiger charge is 2.37. The van der Waals surface area contributed by atoms with E-state index < -0.39 is 35.3 Å². The van der Waals surface area contributed by atoms with Gasteiger partial charge in [-0.2, -0.15) is 13.2 Å². The van der Waals surface area contributed by atoms with E-state index in [1.165, 1.54) is 6.07 Å². The first-order chi connectivity index (χ1) is 16.9. The van der Waals surface area contributed by atoms with Crippen LogP contribution in [0.3, 0.4) is 0 Å². The van der Waals surface area contributed by atoms with Crippen molar-refractivity contribution in [3.63, 3.8) is 0 Å². The number of halogens is 4. The Morgan fingerprint density at radius 3 is 2.44 bits per heavy atom. The number of benzene rings is 2. The van der Waals surface area contributed by atoms with E-state index in [0.29, 0.717) is 11.8 Å². The van der Waals surface area contributed by atoms with Gasteiger partial charge in [-0.05, 0) is 85.8 Å². The summed E-state index contributed by atoms with van der Waals surface area (Å²) in [7, 11) is 0. The topological polar surface area (TPSA) is 71.4 Å². The Hall–Kier alpha value is -3.31. The zero-order chi connectivity index (χ0) is 26.2. The van der Waals surface area contributed by atoms with Gasteiger partial charge in [-0.25, -0.2) is 0 Å². The van der Waals surface area contributed by atoms with Crippen molar-refractivity contribution in [3.8, 4) is 5.69 Å². The minimum Gasteiger partial charge on any atom is -0.325 e. The van der Waals surface area contributed by atoms with E-state index in [1.54, 1.807) is 6.08 Å². The molecule has 0 aliphatic carbocycles. The van der Waals surface area contributed by atoms with E-state index in [2.05, 4.69) is 21.2 Å². The Morgan fingerprint density at radius 2 is 1.78 bits per heavy atom. The number of imide groups is 1. The Bertz CT molecular complexity index is 1400. The molecule has 11 heteroatoms. The third kappa shape index (κ3) is 5.41. The van der Waals surface area contributed by atoms with E-state index in [4.69, 9.17) is 0 Å². The van der Waals surface area contributed by atoms with Crippen LogP contribution >= 0.6 is 27.7 Å². The number of hydrogen-bond donors (Lipinski definition) is 1. The summed E-state index contributed by atoms with van der Waals surface area (Å²) in [6, 6.07) is 13.8. The van der Waals surface area contributed by atoms with Gasteiger partial charge in [0.2, 0.25) is 5.91 Å². The Kier molecular flexibility index (Phi) is 7.14. The molecule has 2 aromatic carbocycles. The molecule has 1 aliphatic heterocycles. The Balaban J connectivity index is 1.50. The molecule has 0 atom stereocenters. The normalized spacial score (nSPS) is 15.2. The molecule has 1 aliphatic rings. The molecular weight excluding hydrogens is 559 g/mol. The number of nitrogens with zero attached hydrogens (tertiary/aromatic N) is 2. The molecule has 0 spiro atoms. The summed E-state index contributed by atoms with van der Waals surface area (Å²) in [6.45, 7) is 3.21. The third-order valence-electron chi connectivity index (χ3n) is 5.49. The average Bonchev–Trinajstić information content (AvgIpc) is 3.23. The fourth-order valence-corrected chi connectivity index (χ4v) is 4.91. The number of nitrogens with one attached hydrogen (secondary N) is 1. The highest BCUT2D eigenvalue weighted by molar-refractivity contribution is 9.10. The highest BCUT2D eigenvalue weighted by Crippen LogP contribution is 2.34. The second kappa shape index (κ2) is 9.98. The lowest BCUT2D eigenvalue weighted by atomic mass is 10.2. The maximum absolute atomic E-state index is 12.9. The largest absolute Gasteiger partial charge is 0.416 e. The van der Waals surface area contributed by atoms with Gasteiger partial charge in [0.15, 0.2) is 0 Å². The molecule has 1 saturated heterocycles. The zero-order valence-corrected chi connectivity index (χ0v) is 21.4. The minimum absolute atomic E-state index is 0.0854. The quantitative estimate of drug-likeness (QED) is 0.349. The van der Waals surface area contributed by atoms with Crippen LogP contribution in [0.4, 0.5) is 23.7 Å². The van der Waals surface area contributed by atoms with E-state index >= 15 is 0 Å². The molecule has 0 radical (unpaired) electrons. The maximum Gasteiger partial charge on any atom is 0.416 e. The van der Waals surface area contributed by atoms with Gasteiger partial charge in [0.25, 0.3) is 11.1 Å². The lowest BCUT2D eigenvalue weighted by molar-refractivity contribution is -0.137. The monoisotopic (exact) mass is 577 g/mol. The van der Waals surface area contributed by atoms with E-state index in [0.717, 1.165) is 50.2 Å². The molecule has 2 heterocycles.